The monoisotopic (exact) mass is 228 g/mol. The smallest absolute Gasteiger partial charge is 0.0635 e. The second-order valence-corrected chi connectivity index (χ2v) is 5.10. The molecule has 2 heteroatoms. The van der Waals surface area contributed by atoms with Gasteiger partial charge in [0.05, 0.1) is 6.07 Å². The standard InChI is InChI=1S/C15H20N2/c1-12(2)17(9-5-8-16)11-14-10-13-6-3-4-7-15(13)14/h3-4,6-7,12,14H,5,9-11H2,1-2H3. The fraction of sp³-hybridized carbons (Fsp3) is 0.533. The summed E-state index contributed by atoms with van der Waals surface area (Å²) < 4.78 is 0. The molecule has 2 nitrogen and oxygen atoms in total. The zero-order valence-electron chi connectivity index (χ0n) is 10.7. The van der Waals surface area contributed by atoms with E-state index in [0.29, 0.717) is 18.4 Å². The molecule has 0 fully saturated rings. The lowest BCUT2D eigenvalue weighted by Crippen LogP contribution is -2.38. The Hall–Kier alpha value is -1.33. The predicted octanol–water partition coefficient (Wildman–Crippen LogP) is 2.95. The van der Waals surface area contributed by atoms with Crippen LogP contribution in [-0.4, -0.2) is 24.0 Å². The Morgan fingerprint density at radius 2 is 2.18 bits per heavy atom. The van der Waals surface area contributed by atoms with Gasteiger partial charge in [-0.15, -0.1) is 0 Å². The molecule has 0 heterocycles. The molecule has 0 bridgehead atoms. The molecule has 1 aliphatic rings. The van der Waals surface area contributed by atoms with Gasteiger partial charge in [0.2, 0.25) is 0 Å². The summed E-state index contributed by atoms with van der Waals surface area (Å²) in [5.74, 6) is 0.673. The highest BCUT2D eigenvalue weighted by Crippen LogP contribution is 2.35. The molecule has 0 saturated carbocycles. The van der Waals surface area contributed by atoms with Crippen LogP contribution in [0.1, 0.15) is 37.3 Å². The first-order valence-corrected chi connectivity index (χ1v) is 6.41. The van der Waals surface area contributed by atoms with E-state index in [1.807, 2.05) is 0 Å². The van der Waals surface area contributed by atoms with Crippen molar-refractivity contribution >= 4 is 0 Å². The number of fused-ring (bicyclic) bond motifs is 1. The highest BCUT2D eigenvalue weighted by atomic mass is 15.1. The van der Waals surface area contributed by atoms with Crippen LogP contribution in [0.3, 0.4) is 0 Å². The quantitative estimate of drug-likeness (QED) is 0.774. The van der Waals surface area contributed by atoms with Gasteiger partial charge in [-0.25, -0.2) is 0 Å². The maximum absolute atomic E-state index is 8.68. The molecule has 17 heavy (non-hydrogen) atoms. The maximum Gasteiger partial charge on any atom is 0.0635 e. The van der Waals surface area contributed by atoms with Gasteiger partial charge in [0.25, 0.3) is 0 Å². The van der Waals surface area contributed by atoms with Gasteiger partial charge >= 0.3 is 0 Å². The van der Waals surface area contributed by atoms with Gasteiger partial charge in [-0.1, -0.05) is 24.3 Å². The number of nitriles is 1. The number of rotatable bonds is 5. The Labute approximate surface area is 104 Å². The largest absolute Gasteiger partial charge is 0.299 e. The van der Waals surface area contributed by atoms with E-state index >= 15 is 0 Å². The summed E-state index contributed by atoms with van der Waals surface area (Å²) in [5.41, 5.74) is 3.01. The molecule has 0 spiro atoms. The third-order valence-electron chi connectivity index (χ3n) is 3.66. The Morgan fingerprint density at radius 3 is 2.82 bits per heavy atom. The van der Waals surface area contributed by atoms with Crippen molar-refractivity contribution in [2.45, 2.75) is 38.6 Å². The minimum Gasteiger partial charge on any atom is -0.299 e. The van der Waals surface area contributed by atoms with E-state index < -0.39 is 0 Å². The van der Waals surface area contributed by atoms with Crippen molar-refractivity contribution in [2.24, 2.45) is 0 Å². The average molecular weight is 228 g/mol. The van der Waals surface area contributed by atoms with Crippen LogP contribution < -0.4 is 0 Å². The van der Waals surface area contributed by atoms with Crippen molar-refractivity contribution in [3.63, 3.8) is 0 Å². The van der Waals surface area contributed by atoms with E-state index in [-0.39, 0.29) is 0 Å². The van der Waals surface area contributed by atoms with E-state index in [2.05, 4.69) is 49.1 Å². The highest BCUT2D eigenvalue weighted by molar-refractivity contribution is 5.40. The molecule has 1 atom stereocenters. The first-order chi connectivity index (χ1) is 8.22. The molecule has 1 aliphatic carbocycles. The molecule has 0 saturated heterocycles. The van der Waals surface area contributed by atoms with Crippen molar-refractivity contribution in [3.8, 4) is 6.07 Å². The van der Waals surface area contributed by atoms with Crippen molar-refractivity contribution < 1.29 is 0 Å². The van der Waals surface area contributed by atoms with Crippen LogP contribution in [0, 0.1) is 11.3 Å². The van der Waals surface area contributed by atoms with Crippen molar-refractivity contribution in [1.29, 1.82) is 5.26 Å². The van der Waals surface area contributed by atoms with Crippen molar-refractivity contribution in [1.82, 2.24) is 4.90 Å². The van der Waals surface area contributed by atoms with Crippen molar-refractivity contribution in [3.05, 3.63) is 35.4 Å². The van der Waals surface area contributed by atoms with Crippen LogP contribution in [0.2, 0.25) is 0 Å². The van der Waals surface area contributed by atoms with Crippen LogP contribution in [0.4, 0.5) is 0 Å². The Morgan fingerprint density at radius 1 is 1.41 bits per heavy atom. The zero-order chi connectivity index (χ0) is 12.3. The molecule has 0 N–H and O–H groups in total. The summed E-state index contributed by atoms with van der Waals surface area (Å²) in [7, 11) is 0. The molecular formula is C15H20N2. The molecule has 1 unspecified atom stereocenters. The molecule has 0 aromatic heterocycles. The topological polar surface area (TPSA) is 27.0 Å². The predicted molar refractivity (Wildman–Crippen MR) is 69.8 cm³/mol. The van der Waals surface area contributed by atoms with E-state index in [9.17, 15) is 0 Å². The highest BCUT2D eigenvalue weighted by Gasteiger charge is 2.27. The molecular weight excluding hydrogens is 208 g/mol. The van der Waals surface area contributed by atoms with Crippen LogP contribution in [-0.2, 0) is 6.42 Å². The van der Waals surface area contributed by atoms with Crippen LogP contribution in [0.5, 0.6) is 0 Å². The van der Waals surface area contributed by atoms with E-state index in [4.69, 9.17) is 5.26 Å². The van der Waals surface area contributed by atoms with Gasteiger partial charge in [-0.05, 0) is 31.4 Å². The van der Waals surface area contributed by atoms with Gasteiger partial charge in [0.15, 0.2) is 0 Å². The summed E-state index contributed by atoms with van der Waals surface area (Å²) in [6, 6.07) is 11.5. The first kappa shape index (κ1) is 12.1. The Balaban J connectivity index is 1.95. The van der Waals surface area contributed by atoms with Gasteiger partial charge in [0, 0.05) is 31.5 Å². The summed E-state index contributed by atoms with van der Waals surface area (Å²) >= 11 is 0. The van der Waals surface area contributed by atoms with E-state index in [0.717, 1.165) is 13.1 Å². The summed E-state index contributed by atoms with van der Waals surface area (Å²) in [6.07, 6.45) is 1.83. The number of hydrogen-bond donors (Lipinski definition) is 0. The molecule has 2 rings (SSSR count). The SMILES string of the molecule is CC(C)N(CCC#N)CC1Cc2ccccc21. The van der Waals surface area contributed by atoms with Gasteiger partial charge in [-0.3, -0.25) is 4.90 Å². The van der Waals surface area contributed by atoms with E-state index in [1.54, 1.807) is 0 Å². The van der Waals surface area contributed by atoms with E-state index in [1.165, 1.54) is 17.5 Å². The fourth-order valence-corrected chi connectivity index (χ4v) is 2.56. The molecule has 1 aromatic carbocycles. The lowest BCUT2D eigenvalue weighted by molar-refractivity contribution is 0.205. The van der Waals surface area contributed by atoms with Gasteiger partial charge < -0.3 is 0 Å². The first-order valence-electron chi connectivity index (χ1n) is 6.41. The fourth-order valence-electron chi connectivity index (χ4n) is 2.56. The second kappa shape index (κ2) is 5.33. The summed E-state index contributed by atoms with van der Waals surface area (Å²) in [5, 5.41) is 8.68. The zero-order valence-corrected chi connectivity index (χ0v) is 10.7. The van der Waals surface area contributed by atoms with Gasteiger partial charge in [0.1, 0.15) is 0 Å². The average Bonchev–Trinajstić information content (AvgIpc) is 2.29. The minimum atomic E-state index is 0.524. The molecule has 0 aliphatic heterocycles. The van der Waals surface area contributed by atoms with Gasteiger partial charge in [-0.2, -0.15) is 5.26 Å². The second-order valence-electron chi connectivity index (χ2n) is 5.10. The molecule has 1 aromatic rings. The third kappa shape index (κ3) is 2.68. The third-order valence-corrected chi connectivity index (χ3v) is 3.66. The number of hydrogen-bond acceptors (Lipinski definition) is 2. The lowest BCUT2D eigenvalue weighted by Gasteiger charge is -2.36. The minimum absolute atomic E-state index is 0.524. The number of nitrogens with zero attached hydrogens (tertiary/aromatic N) is 2. The normalized spacial score (nSPS) is 17.7. The Bertz CT molecular complexity index is 417. The van der Waals surface area contributed by atoms with Crippen molar-refractivity contribution in [2.75, 3.05) is 13.1 Å². The lowest BCUT2D eigenvalue weighted by atomic mass is 9.77. The van der Waals surface area contributed by atoms with Crippen LogP contribution in [0.25, 0.3) is 0 Å². The summed E-state index contributed by atoms with van der Waals surface area (Å²) in [6.45, 7) is 6.41. The number of benzene rings is 1. The molecule has 0 amide bonds. The van der Waals surface area contributed by atoms with Crippen LogP contribution in [0.15, 0.2) is 24.3 Å². The summed E-state index contributed by atoms with van der Waals surface area (Å²) in [4.78, 5) is 2.42. The van der Waals surface area contributed by atoms with Crippen LogP contribution >= 0.6 is 0 Å². The molecule has 90 valence electrons. The Kier molecular flexibility index (Phi) is 3.81. The molecule has 0 radical (unpaired) electrons. The maximum atomic E-state index is 8.68.